The first-order chi connectivity index (χ1) is 9.65. The second kappa shape index (κ2) is 6.54. The van der Waals surface area contributed by atoms with E-state index in [1.807, 2.05) is 31.2 Å². The fraction of sp³-hybridized carbons (Fsp3) is 0.286. The summed E-state index contributed by atoms with van der Waals surface area (Å²) in [6.45, 7) is 3.99. The average molecular weight is 292 g/mol. The van der Waals surface area contributed by atoms with Gasteiger partial charge in [-0.25, -0.2) is 15.8 Å². The molecule has 0 radical (unpaired) electrons. The Bertz CT molecular complexity index is 600. The highest BCUT2D eigenvalue weighted by Crippen LogP contribution is 2.27. The van der Waals surface area contributed by atoms with Crippen molar-refractivity contribution < 1.29 is 0 Å². The molecular weight excluding hydrogens is 274 g/mol. The number of aryl methyl sites for hydroxylation is 1. The van der Waals surface area contributed by atoms with Crippen molar-refractivity contribution in [2.75, 3.05) is 10.7 Å². The highest BCUT2D eigenvalue weighted by Gasteiger charge is 2.11. The van der Waals surface area contributed by atoms with Crippen LogP contribution >= 0.6 is 11.6 Å². The predicted molar refractivity (Wildman–Crippen MR) is 83.3 cm³/mol. The Balaban J connectivity index is 2.39. The molecule has 2 rings (SSSR count). The Morgan fingerprint density at radius 3 is 2.55 bits per heavy atom. The number of hydrazine groups is 1. The average Bonchev–Trinajstić information content (AvgIpc) is 2.45. The van der Waals surface area contributed by atoms with Gasteiger partial charge in [0, 0.05) is 12.0 Å². The minimum atomic E-state index is 0.623. The first kappa shape index (κ1) is 14.6. The summed E-state index contributed by atoms with van der Waals surface area (Å²) in [5.41, 5.74) is 4.27. The fourth-order valence-corrected chi connectivity index (χ4v) is 2.03. The van der Waals surface area contributed by atoms with Gasteiger partial charge in [0.25, 0.3) is 0 Å². The molecule has 0 spiro atoms. The molecule has 5 nitrogen and oxygen atoms in total. The molecule has 1 aromatic heterocycles. The summed E-state index contributed by atoms with van der Waals surface area (Å²) < 4.78 is 0. The van der Waals surface area contributed by atoms with Crippen LogP contribution in [-0.4, -0.2) is 9.97 Å². The van der Waals surface area contributed by atoms with Gasteiger partial charge in [-0.05, 0) is 25.5 Å². The Morgan fingerprint density at radius 1 is 1.20 bits per heavy atom. The Kier molecular flexibility index (Phi) is 4.76. The van der Waals surface area contributed by atoms with Crippen LogP contribution in [0.15, 0.2) is 24.3 Å². The maximum atomic E-state index is 6.15. The molecule has 6 heteroatoms. The number of anilines is 3. The van der Waals surface area contributed by atoms with E-state index in [0.29, 0.717) is 16.7 Å². The second-order valence-electron chi connectivity index (χ2n) is 4.46. The molecule has 20 heavy (non-hydrogen) atoms. The van der Waals surface area contributed by atoms with Crippen LogP contribution < -0.4 is 16.6 Å². The summed E-state index contributed by atoms with van der Waals surface area (Å²) in [5, 5.41) is 3.88. The Hall–Kier alpha value is -1.85. The monoisotopic (exact) mass is 291 g/mol. The molecule has 0 fully saturated rings. The maximum Gasteiger partial charge on any atom is 0.148 e. The third kappa shape index (κ3) is 3.18. The van der Waals surface area contributed by atoms with Crippen LogP contribution in [0.4, 0.5) is 17.3 Å². The van der Waals surface area contributed by atoms with Crippen molar-refractivity contribution in [2.24, 2.45) is 5.84 Å². The quantitative estimate of drug-likeness (QED) is 0.581. The van der Waals surface area contributed by atoms with Gasteiger partial charge in [-0.1, -0.05) is 30.7 Å². The van der Waals surface area contributed by atoms with Crippen molar-refractivity contribution in [3.8, 4) is 0 Å². The predicted octanol–water partition coefficient (Wildman–Crippen LogP) is 3.42. The number of nitrogens with two attached hydrogens (primary N) is 1. The summed E-state index contributed by atoms with van der Waals surface area (Å²) in [6.07, 6.45) is 1.77. The smallest absolute Gasteiger partial charge is 0.148 e. The second-order valence-corrected chi connectivity index (χ2v) is 4.87. The molecule has 0 saturated heterocycles. The number of nitrogens with zero attached hydrogens (tertiary/aromatic N) is 2. The van der Waals surface area contributed by atoms with E-state index in [2.05, 4.69) is 27.6 Å². The number of aromatic nitrogens is 2. The van der Waals surface area contributed by atoms with Crippen LogP contribution in [0.2, 0.25) is 5.02 Å². The molecule has 0 aliphatic heterocycles. The molecule has 0 atom stereocenters. The molecule has 1 heterocycles. The Labute approximate surface area is 123 Å². The van der Waals surface area contributed by atoms with Gasteiger partial charge in [-0.2, -0.15) is 0 Å². The molecule has 0 unspecified atom stereocenters. The summed E-state index contributed by atoms with van der Waals surface area (Å²) >= 11 is 6.15. The number of benzene rings is 1. The van der Waals surface area contributed by atoms with E-state index in [1.54, 1.807) is 0 Å². The van der Waals surface area contributed by atoms with Gasteiger partial charge in [-0.3, -0.25) is 0 Å². The van der Waals surface area contributed by atoms with Crippen LogP contribution in [-0.2, 0) is 6.42 Å². The molecule has 106 valence electrons. The van der Waals surface area contributed by atoms with Gasteiger partial charge in [-0.15, -0.1) is 0 Å². The van der Waals surface area contributed by atoms with Gasteiger partial charge in [0.15, 0.2) is 0 Å². The summed E-state index contributed by atoms with van der Waals surface area (Å²) in [6, 6.07) is 7.53. The zero-order valence-corrected chi connectivity index (χ0v) is 12.3. The molecule has 1 aromatic carbocycles. The minimum absolute atomic E-state index is 0.623. The molecule has 0 aliphatic rings. The number of nitrogen functional groups attached to an aromatic ring is 1. The number of para-hydroxylation sites is 1. The van der Waals surface area contributed by atoms with Crippen LogP contribution in [0.25, 0.3) is 0 Å². The van der Waals surface area contributed by atoms with Crippen molar-refractivity contribution in [1.29, 1.82) is 0 Å². The van der Waals surface area contributed by atoms with E-state index < -0.39 is 0 Å². The van der Waals surface area contributed by atoms with E-state index in [9.17, 15) is 0 Å². The SMILES string of the molecule is CCCc1nc(NN)c(C)c(Nc2ccccc2Cl)n1. The van der Waals surface area contributed by atoms with Crippen molar-refractivity contribution in [1.82, 2.24) is 9.97 Å². The van der Waals surface area contributed by atoms with Crippen molar-refractivity contribution in [3.63, 3.8) is 0 Å². The first-order valence-electron chi connectivity index (χ1n) is 6.51. The molecule has 4 N–H and O–H groups in total. The van der Waals surface area contributed by atoms with E-state index in [-0.39, 0.29) is 0 Å². The standard InChI is InChI=1S/C14H18ClN5/c1-3-6-12-18-13(9(2)14(19-12)20-16)17-11-8-5-4-7-10(11)15/h4-5,7-8H,3,6,16H2,1-2H3,(H2,17,18,19,20). The normalized spacial score (nSPS) is 10.4. The lowest BCUT2D eigenvalue weighted by Gasteiger charge is -2.14. The van der Waals surface area contributed by atoms with Crippen LogP contribution in [0.1, 0.15) is 24.7 Å². The number of halogens is 1. The van der Waals surface area contributed by atoms with Crippen LogP contribution in [0.5, 0.6) is 0 Å². The molecule has 0 bridgehead atoms. The lowest BCUT2D eigenvalue weighted by atomic mass is 10.2. The minimum Gasteiger partial charge on any atom is -0.339 e. The third-order valence-corrected chi connectivity index (χ3v) is 3.26. The number of hydrogen-bond donors (Lipinski definition) is 3. The summed E-state index contributed by atoms with van der Waals surface area (Å²) in [4.78, 5) is 8.92. The van der Waals surface area contributed by atoms with Gasteiger partial charge >= 0.3 is 0 Å². The highest BCUT2D eigenvalue weighted by atomic mass is 35.5. The largest absolute Gasteiger partial charge is 0.339 e. The van der Waals surface area contributed by atoms with Gasteiger partial charge in [0.05, 0.1) is 10.7 Å². The van der Waals surface area contributed by atoms with Gasteiger partial charge < -0.3 is 10.7 Å². The molecule has 0 aliphatic carbocycles. The maximum absolute atomic E-state index is 6.15. The van der Waals surface area contributed by atoms with Gasteiger partial charge in [0.2, 0.25) is 0 Å². The zero-order valence-electron chi connectivity index (χ0n) is 11.6. The summed E-state index contributed by atoms with van der Waals surface area (Å²) in [5.74, 6) is 7.60. The zero-order chi connectivity index (χ0) is 14.5. The van der Waals surface area contributed by atoms with Gasteiger partial charge in [0.1, 0.15) is 17.5 Å². The Morgan fingerprint density at radius 2 is 1.90 bits per heavy atom. The van der Waals surface area contributed by atoms with E-state index in [4.69, 9.17) is 17.4 Å². The first-order valence-corrected chi connectivity index (χ1v) is 6.89. The molecule has 2 aromatic rings. The van der Waals surface area contributed by atoms with Crippen molar-refractivity contribution in [3.05, 3.63) is 40.7 Å². The van der Waals surface area contributed by atoms with E-state index in [1.165, 1.54) is 0 Å². The van der Waals surface area contributed by atoms with E-state index >= 15 is 0 Å². The molecule has 0 amide bonds. The van der Waals surface area contributed by atoms with Crippen molar-refractivity contribution >= 4 is 28.9 Å². The summed E-state index contributed by atoms with van der Waals surface area (Å²) in [7, 11) is 0. The highest BCUT2D eigenvalue weighted by molar-refractivity contribution is 6.33. The lowest BCUT2D eigenvalue weighted by molar-refractivity contribution is 0.833. The lowest BCUT2D eigenvalue weighted by Crippen LogP contribution is -2.14. The third-order valence-electron chi connectivity index (χ3n) is 2.93. The van der Waals surface area contributed by atoms with Crippen molar-refractivity contribution in [2.45, 2.75) is 26.7 Å². The number of rotatable bonds is 5. The topological polar surface area (TPSA) is 75.9 Å². The van der Waals surface area contributed by atoms with Crippen LogP contribution in [0.3, 0.4) is 0 Å². The number of nitrogens with one attached hydrogen (secondary N) is 2. The van der Waals surface area contributed by atoms with Crippen LogP contribution in [0, 0.1) is 6.92 Å². The number of hydrogen-bond acceptors (Lipinski definition) is 5. The molecule has 0 saturated carbocycles. The fourth-order valence-electron chi connectivity index (χ4n) is 1.85. The van der Waals surface area contributed by atoms with E-state index in [0.717, 1.165) is 29.9 Å². The molecular formula is C14H18ClN5.